The fourth-order valence-corrected chi connectivity index (χ4v) is 2.89. The summed E-state index contributed by atoms with van der Waals surface area (Å²) in [6, 6.07) is 15.3. The lowest BCUT2D eigenvalue weighted by Gasteiger charge is -2.21. The highest BCUT2D eigenvalue weighted by Crippen LogP contribution is 2.33. The number of benzene rings is 2. The van der Waals surface area contributed by atoms with Crippen molar-refractivity contribution in [3.05, 3.63) is 53.7 Å². The number of nitrogens with zero attached hydrogens (tertiary/aromatic N) is 1. The van der Waals surface area contributed by atoms with Gasteiger partial charge >= 0.3 is 0 Å². The van der Waals surface area contributed by atoms with Crippen molar-refractivity contribution >= 4 is 21.7 Å². The van der Waals surface area contributed by atoms with Crippen LogP contribution in [0, 0.1) is 0 Å². The van der Waals surface area contributed by atoms with Crippen LogP contribution in [0.15, 0.2) is 42.5 Å². The number of para-hydroxylation sites is 1. The van der Waals surface area contributed by atoms with Crippen LogP contribution in [0.1, 0.15) is 51.8 Å². The van der Waals surface area contributed by atoms with E-state index in [0.717, 1.165) is 5.52 Å². The molecule has 3 aromatic rings. The summed E-state index contributed by atoms with van der Waals surface area (Å²) in [7, 11) is 0. The maximum atomic E-state index is 4.93. The minimum Gasteiger partial charge on any atom is -0.252 e. The lowest BCUT2D eigenvalue weighted by atomic mass is 9.85. The van der Waals surface area contributed by atoms with Crippen LogP contribution in [0.25, 0.3) is 21.7 Å². The molecule has 0 N–H and O–H groups in total. The van der Waals surface area contributed by atoms with E-state index in [1.165, 1.54) is 27.4 Å². The molecule has 21 heavy (non-hydrogen) atoms. The predicted molar refractivity (Wildman–Crippen MR) is 92.0 cm³/mol. The zero-order chi connectivity index (χ0) is 15.2. The lowest BCUT2D eigenvalue weighted by Crippen LogP contribution is -2.11. The van der Waals surface area contributed by atoms with Crippen molar-refractivity contribution in [3.63, 3.8) is 0 Å². The molecule has 1 nitrogen and oxygen atoms in total. The smallest absolute Gasteiger partial charge is 0.0711 e. The molecule has 0 atom stereocenters. The summed E-state index contributed by atoms with van der Waals surface area (Å²) in [5.74, 6) is 0.423. The Morgan fingerprint density at radius 1 is 0.857 bits per heavy atom. The zero-order valence-corrected chi connectivity index (χ0v) is 13.6. The minimum absolute atomic E-state index is 0.161. The van der Waals surface area contributed by atoms with Gasteiger partial charge in [0.2, 0.25) is 0 Å². The maximum absolute atomic E-state index is 4.93. The van der Waals surface area contributed by atoms with E-state index in [9.17, 15) is 0 Å². The van der Waals surface area contributed by atoms with Crippen LogP contribution < -0.4 is 0 Å². The van der Waals surface area contributed by atoms with Crippen LogP contribution in [0.3, 0.4) is 0 Å². The van der Waals surface area contributed by atoms with Crippen molar-refractivity contribution in [2.45, 2.75) is 46.0 Å². The van der Waals surface area contributed by atoms with E-state index < -0.39 is 0 Å². The van der Waals surface area contributed by atoms with E-state index in [-0.39, 0.29) is 5.41 Å². The maximum Gasteiger partial charge on any atom is 0.0711 e. The summed E-state index contributed by atoms with van der Waals surface area (Å²) in [6.45, 7) is 11.2. The largest absolute Gasteiger partial charge is 0.252 e. The predicted octanol–water partition coefficient (Wildman–Crippen LogP) is 5.81. The second kappa shape index (κ2) is 4.84. The first kappa shape index (κ1) is 14.1. The Hall–Kier alpha value is -1.89. The van der Waals surface area contributed by atoms with Crippen LogP contribution >= 0.6 is 0 Å². The van der Waals surface area contributed by atoms with Crippen molar-refractivity contribution in [3.8, 4) is 0 Å². The van der Waals surface area contributed by atoms with Gasteiger partial charge < -0.3 is 0 Å². The second-order valence-corrected chi connectivity index (χ2v) is 7.18. The fourth-order valence-electron chi connectivity index (χ4n) is 2.89. The fraction of sp³-hybridized carbons (Fsp3) is 0.350. The third-order valence-corrected chi connectivity index (χ3v) is 4.14. The molecule has 0 saturated carbocycles. The molecular weight excluding hydrogens is 254 g/mol. The van der Waals surface area contributed by atoms with Gasteiger partial charge in [-0.1, -0.05) is 65.0 Å². The Labute approximate surface area is 127 Å². The third-order valence-electron chi connectivity index (χ3n) is 4.14. The summed E-state index contributed by atoms with van der Waals surface area (Å²) in [6.07, 6.45) is 0. The van der Waals surface area contributed by atoms with Gasteiger partial charge in [-0.05, 0) is 34.4 Å². The molecule has 0 aliphatic heterocycles. The summed E-state index contributed by atoms with van der Waals surface area (Å²) >= 11 is 0. The van der Waals surface area contributed by atoms with Crippen LogP contribution in [-0.4, -0.2) is 4.98 Å². The summed E-state index contributed by atoms with van der Waals surface area (Å²) < 4.78 is 0. The molecule has 1 aromatic heterocycles. The molecule has 0 spiro atoms. The Morgan fingerprint density at radius 3 is 2.24 bits per heavy atom. The van der Waals surface area contributed by atoms with Gasteiger partial charge in [0, 0.05) is 10.8 Å². The van der Waals surface area contributed by atoms with E-state index >= 15 is 0 Å². The molecule has 3 rings (SSSR count). The standard InChI is InChI=1S/C20H23N/c1-13(2)19-17-12-14(20(3,4)5)10-11-15(17)16-8-6-7-9-18(16)21-19/h6-13H,1-5H3. The molecule has 0 saturated heterocycles. The van der Waals surface area contributed by atoms with Gasteiger partial charge in [-0.15, -0.1) is 0 Å². The van der Waals surface area contributed by atoms with Gasteiger partial charge in [0.1, 0.15) is 0 Å². The number of hydrogen-bond acceptors (Lipinski definition) is 1. The van der Waals surface area contributed by atoms with E-state index in [1.54, 1.807) is 0 Å². The van der Waals surface area contributed by atoms with E-state index in [0.29, 0.717) is 5.92 Å². The number of aromatic nitrogens is 1. The normalized spacial score (nSPS) is 12.5. The summed E-state index contributed by atoms with van der Waals surface area (Å²) in [5.41, 5.74) is 3.83. The molecule has 0 bridgehead atoms. The Morgan fingerprint density at radius 2 is 1.57 bits per heavy atom. The third kappa shape index (κ3) is 2.42. The first-order valence-electron chi connectivity index (χ1n) is 7.71. The highest BCUT2D eigenvalue weighted by atomic mass is 14.7. The molecular formula is C20H23N. The molecule has 0 radical (unpaired) electrons. The van der Waals surface area contributed by atoms with Crippen LogP contribution in [-0.2, 0) is 5.41 Å². The van der Waals surface area contributed by atoms with Crippen molar-refractivity contribution in [1.29, 1.82) is 0 Å². The van der Waals surface area contributed by atoms with Crippen molar-refractivity contribution in [2.24, 2.45) is 0 Å². The highest BCUT2D eigenvalue weighted by molar-refractivity contribution is 6.07. The monoisotopic (exact) mass is 277 g/mol. The van der Waals surface area contributed by atoms with Gasteiger partial charge in [-0.3, -0.25) is 4.98 Å². The molecule has 1 heteroatoms. The second-order valence-electron chi connectivity index (χ2n) is 7.18. The summed E-state index contributed by atoms with van der Waals surface area (Å²) in [4.78, 5) is 4.93. The van der Waals surface area contributed by atoms with E-state index in [1.807, 2.05) is 0 Å². The topological polar surface area (TPSA) is 12.9 Å². The molecule has 0 unspecified atom stereocenters. The van der Waals surface area contributed by atoms with Crippen molar-refractivity contribution in [2.75, 3.05) is 0 Å². The van der Waals surface area contributed by atoms with E-state index in [2.05, 4.69) is 77.1 Å². The molecule has 0 amide bonds. The lowest BCUT2D eigenvalue weighted by molar-refractivity contribution is 0.591. The number of pyridine rings is 1. The van der Waals surface area contributed by atoms with Crippen LogP contribution in [0.5, 0.6) is 0 Å². The Balaban J connectivity index is 2.44. The van der Waals surface area contributed by atoms with Crippen LogP contribution in [0.2, 0.25) is 0 Å². The molecule has 2 aromatic carbocycles. The van der Waals surface area contributed by atoms with Crippen LogP contribution in [0.4, 0.5) is 0 Å². The highest BCUT2D eigenvalue weighted by Gasteiger charge is 2.17. The summed E-state index contributed by atoms with van der Waals surface area (Å²) in [5, 5.41) is 3.87. The van der Waals surface area contributed by atoms with Gasteiger partial charge in [-0.25, -0.2) is 0 Å². The Bertz CT molecular complexity index is 807. The SMILES string of the molecule is CC(C)c1nc2ccccc2c2ccc(C(C)(C)C)cc12. The number of rotatable bonds is 1. The zero-order valence-electron chi connectivity index (χ0n) is 13.6. The molecule has 0 aliphatic carbocycles. The average molecular weight is 277 g/mol. The van der Waals surface area contributed by atoms with Gasteiger partial charge in [0.05, 0.1) is 11.2 Å². The molecule has 0 aliphatic rings. The number of fused-ring (bicyclic) bond motifs is 3. The first-order chi connectivity index (χ1) is 9.88. The quantitative estimate of drug-likeness (QED) is 0.511. The van der Waals surface area contributed by atoms with Crippen molar-refractivity contribution in [1.82, 2.24) is 4.98 Å². The average Bonchev–Trinajstić information content (AvgIpc) is 2.44. The molecule has 1 heterocycles. The van der Waals surface area contributed by atoms with Gasteiger partial charge in [0.15, 0.2) is 0 Å². The molecule has 108 valence electrons. The molecule has 0 fully saturated rings. The first-order valence-corrected chi connectivity index (χ1v) is 7.71. The minimum atomic E-state index is 0.161. The van der Waals surface area contributed by atoms with Gasteiger partial charge in [0.25, 0.3) is 0 Å². The number of hydrogen-bond donors (Lipinski definition) is 0. The van der Waals surface area contributed by atoms with Gasteiger partial charge in [-0.2, -0.15) is 0 Å². The van der Waals surface area contributed by atoms with E-state index in [4.69, 9.17) is 4.98 Å². The Kier molecular flexibility index (Phi) is 3.24. The van der Waals surface area contributed by atoms with Crippen molar-refractivity contribution < 1.29 is 0 Å².